The van der Waals surface area contributed by atoms with Crippen LogP contribution in [0.5, 0.6) is 0 Å². The van der Waals surface area contributed by atoms with E-state index >= 15 is 0 Å². The molecule has 0 saturated heterocycles. The van der Waals surface area contributed by atoms with Crippen LogP contribution < -0.4 is 5.32 Å². The summed E-state index contributed by atoms with van der Waals surface area (Å²) >= 11 is 1.23. The van der Waals surface area contributed by atoms with Crippen LogP contribution in [0.2, 0.25) is 0 Å². The van der Waals surface area contributed by atoms with Gasteiger partial charge in [-0.1, -0.05) is 18.3 Å². The summed E-state index contributed by atoms with van der Waals surface area (Å²) in [6, 6.07) is 0. The standard InChI is InChI=1S/C9H10N2O3S/c1-2-7(12)11-9-10-5-6(15-9)3-4-8(13)14/h3-5H,2H2,1H3,(H,13,14)(H,10,11,12)/b4-3+. The zero-order valence-electron chi connectivity index (χ0n) is 8.06. The molecular weight excluding hydrogens is 216 g/mol. The summed E-state index contributed by atoms with van der Waals surface area (Å²) in [6.45, 7) is 1.74. The fraction of sp³-hybridized carbons (Fsp3) is 0.222. The highest BCUT2D eigenvalue weighted by Gasteiger charge is 2.03. The van der Waals surface area contributed by atoms with E-state index in [1.807, 2.05) is 0 Å². The first-order chi connectivity index (χ1) is 7.11. The number of amides is 1. The smallest absolute Gasteiger partial charge is 0.328 e. The topological polar surface area (TPSA) is 79.3 Å². The van der Waals surface area contributed by atoms with Gasteiger partial charge in [-0.15, -0.1) is 0 Å². The molecule has 1 amide bonds. The molecule has 0 spiro atoms. The van der Waals surface area contributed by atoms with Gasteiger partial charge in [0.25, 0.3) is 0 Å². The Morgan fingerprint density at radius 3 is 3.00 bits per heavy atom. The zero-order chi connectivity index (χ0) is 11.3. The molecule has 0 aliphatic rings. The van der Waals surface area contributed by atoms with Gasteiger partial charge < -0.3 is 10.4 Å². The highest BCUT2D eigenvalue weighted by Crippen LogP contribution is 2.19. The molecule has 0 aliphatic heterocycles. The van der Waals surface area contributed by atoms with E-state index in [0.29, 0.717) is 16.4 Å². The Morgan fingerprint density at radius 2 is 2.40 bits per heavy atom. The van der Waals surface area contributed by atoms with Gasteiger partial charge in [0.05, 0.1) is 0 Å². The number of hydrogen-bond donors (Lipinski definition) is 2. The average molecular weight is 226 g/mol. The van der Waals surface area contributed by atoms with Crippen LogP contribution in [0.25, 0.3) is 6.08 Å². The molecular formula is C9H10N2O3S. The van der Waals surface area contributed by atoms with Gasteiger partial charge in [0.1, 0.15) is 0 Å². The second-order valence-electron chi connectivity index (χ2n) is 2.64. The van der Waals surface area contributed by atoms with Crippen molar-refractivity contribution in [3.05, 3.63) is 17.2 Å². The second kappa shape index (κ2) is 5.26. The third kappa shape index (κ3) is 3.90. The number of carboxylic acids is 1. The number of aromatic nitrogens is 1. The van der Waals surface area contributed by atoms with E-state index in [1.54, 1.807) is 6.92 Å². The SMILES string of the molecule is CCC(=O)Nc1ncc(/C=C/C(=O)O)s1. The minimum absolute atomic E-state index is 0.113. The Kier molecular flexibility index (Phi) is 3.99. The molecule has 1 rings (SSSR count). The van der Waals surface area contributed by atoms with Crippen molar-refractivity contribution >= 4 is 34.4 Å². The molecule has 0 aromatic carbocycles. The molecule has 2 N–H and O–H groups in total. The van der Waals surface area contributed by atoms with Crippen molar-refractivity contribution < 1.29 is 14.7 Å². The van der Waals surface area contributed by atoms with Crippen LogP contribution in [-0.4, -0.2) is 22.0 Å². The fourth-order valence-electron chi connectivity index (χ4n) is 0.783. The van der Waals surface area contributed by atoms with E-state index in [4.69, 9.17) is 5.11 Å². The number of nitrogens with zero attached hydrogens (tertiary/aromatic N) is 1. The largest absolute Gasteiger partial charge is 0.478 e. The van der Waals surface area contributed by atoms with E-state index in [-0.39, 0.29) is 5.91 Å². The summed E-state index contributed by atoms with van der Waals surface area (Å²) in [5.74, 6) is -1.12. The van der Waals surface area contributed by atoms with E-state index in [9.17, 15) is 9.59 Å². The summed E-state index contributed by atoms with van der Waals surface area (Å²) in [5.41, 5.74) is 0. The average Bonchev–Trinajstić information content (AvgIpc) is 2.62. The van der Waals surface area contributed by atoms with E-state index < -0.39 is 5.97 Å². The van der Waals surface area contributed by atoms with Crippen molar-refractivity contribution in [1.29, 1.82) is 0 Å². The predicted molar refractivity (Wildman–Crippen MR) is 57.7 cm³/mol. The minimum Gasteiger partial charge on any atom is -0.478 e. The number of aliphatic carboxylic acids is 1. The molecule has 80 valence electrons. The highest BCUT2D eigenvalue weighted by atomic mass is 32.1. The molecule has 0 saturated carbocycles. The number of carbonyl (C=O) groups excluding carboxylic acids is 1. The molecule has 6 heteroatoms. The van der Waals surface area contributed by atoms with Crippen LogP contribution in [0.15, 0.2) is 12.3 Å². The number of carbonyl (C=O) groups is 2. The van der Waals surface area contributed by atoms with E-state index in [1.165, 1.54) is 23.6 Å². The van der Waals surface area contributed by atoms with Crippen molar-refractivity contribution in [3.8, 4) is 0 Å². The number of anilines is 1. The molecule has 0 atom stereocenters. The van der Waals surface area contributed by atoms with Crippen LogP contribution in [-0.2, 0) is 9.59 Å². The maximum Gasteiger partial charge on any atom is 0.328 e. The number of hydrogen-bond acceptors (Lipinski definition) is 4. The van der Waals surface area contributed by atoms with Crippen molar-refractivity contribution in [2.75, 3.05) is 5.32 Å². The van der Waals surface area contributed by atoms with Gasteiger partial charge in [0.15, 0.2) is 5.13 Å². The summed E-state index contributed by atoms with van der Waals surface area (Å²) in [6.07, 6.45) is 4.36. The van der Waals surface area contributed by atoms with Crippen LogP contribution in [0.1, 0.15) is 18.2 Å². The molecule has 0 radical (unpaired) electrons. The van der Waals surface area contributed by atoms with Crippen LogP contribution in [0, 0.1) is 0 Å². The summed E-state index contributed by atoms with van der Waals surface area (Å²) in [4.78, 5) is 25.8. The summed E-state index contributed by atoms with van der Waals surface area (Å²) in [5, 5.41) is 11.5. The molecule has 5 nitrogen and oxygen atoms in total. The Balaban J connectivity index is 2.64. The molecule has 1 aromatic rings. The number of rotatable bonds is 4. The van der Waals surface area contributed by atoms with Crippen molar-refractivity contribution in [3.63, 3.8) is 0 Å². The van der Waals surface area contributed by atoms with Crippen molar-refractivity contribution in [2.24, 2.45) is 0 Å². The lowest BCUT2D eigenvalue weighted by Crippen LogP contribution is -2.08. The van der Waals surface area contributed by atoms with Crippen molar-refractivity contribution in [2.45, 2.75) is 13.3 Å². The van der Waals surface area contributed by atoms with Gasteiger partial charge >= 0.3 is 5.97 Å². The molecule has 1 heterocycles. The lowest BCUT2D eigenvalue weighted by molar-refractivity contribution is -0.131. The normalized spacial score (nSPS) is 10.5. The number of thiazole rings is 1. The van der Waals surface area contributed by atoms with Crippen LogP contribution in [0.4, 0.5) is 5.13 Å². The Bertz CT molecular complexity index is 398. The summed E-state index contributed by atoms with van der Waals surface area (Å²) < 4.78 is 0. The van der Waals surface area contributed by atoms with Gasteiger partial charge in [-0.3, -0.25) is 4.79 Å². The maximum atomic E-state index is 11.0. The molecule has 0 unspecified atom stereocenters. The fourth-order valence-corrected chi connectivity index (χ4v) is 1.52. The van der Waals surface area contributed by atoms with Gasteiger partial charge in [-0.25, -0.2) is 9.78 Å². The molecule has 0 aliphatic carbocycles. The third-order valence-corrected chi connectivity index (χ3v) is 2.36. The van der Waals surface area contributed by atoms with Crippen LogP contribution >= 0.6 is 11.3 Å². The van der Waals surface area contributed by atoms with Crippen molar-refractivity contribution in [1.82, 2.24) is 4.98 Å². The van der Waals surface area contributed by atoms with E-state index in [0.717, 1.165) is 6.08 Å². The number of carboxylic acid groups (broad SMARTS) is 1. The minimum atomic E-state index is -1.01. The quantitative estimate of drug-likeness (QED) is 0.764. The van der Waals surface area contributed by atoms with E-state index in [2.05, 4.69) is 10.3 Å². The van der Waals surface area contributed by atoms with Gasteiger partial charge in [0.2, 0.25) is 5.91 Å². The third-order valence-electron chi connectivity index (χ3n) is 1.48. The first kappa shape index (κ1) is 11.4. The molecule has 15 heavy (non-hydrogen) atoms. The Hall–Kier alpha value is -1.69. The predicted octanol–water partition coefficient (Wildman–Crippen LogP) is 1.59. The number of nitrogens with one attached hydrogen (secondary N) is 1. The van der Waals surface area contributed by atoms with Gasteiger partial charge in [-0.05, 0) is 6.08 Å². The first-order valence-electron chi connectivity index (χ1n) is 4.28. The maximum absolute atomic E-state index is 11.0. The highest BCUT2D eigenvalue weighted by molar-refractivity contribution is 7.16. The Morgan fingerprint density at radius 1 is 1.67 bits per heavy atom. The monoisotopic (exact) mass is 226 g/mol. The Labute approximate surface area is 90.5 Å². The lowest BCUT2D eigenvalue weighted by atomic mass is 10.4. The zero-order valence-corrected chi connectivity index (χ0v) is 8.87. The van der Waals surface area contributed by atoms with Gasteiger partial charge in [-0.2, -0.15) is 0 Å². The van der Waals surface area contributed by atoms with Crippen LogP contribution in [0.3, 0.4) is 0 Å². The molecule has 0 fully saturated rings. The summed E-state index contributed by atoms with van der Waals surface area (Å²) in [7, 11) is 0. The molecule has 0 bridgehead atoms. The van der Waals surface area contributed by atoms with Gasteiger partial charge in [0, 0.05) is 23.6 Å². The lowest BCUT2D eigenvalue weighted by Gasteiger charge is -1.95. The molecule has 1 aromatic heterocycles. The second-order valence-corrected chi connectivity index (χ2v) is 3.70. The first-order valence-corrected chi connectivity index (χ1v) is 5.10.